The number of carbonyl (C=O) groups is 4. The van der Waals surface area contributed by atoms with Crippen LogP contribution in [0.1, 0.15) is 73.1 Å². The Morgan fingerprint density at radius 3 is 1.34 bits per heavy atom. The fourth-order valence-electron chi connectivity index (χ4n) is 5.66. The summed E-state index contributed by atoms with van der Waals surface area (Å²) in [5, 5.41) is 5.99. The number of fused-ring (bicyclic) bond motifs is 1. The van der Waals surface area contributed by atoms with Crippen LogP contribution in [0.3, 0.4) is 0 Å². The molecule has 2 aromatic carbocycles. The summed E-state index contributed by atoms with van der Waals surface area (Å²) in [5.41, 5.74) is 2.25. The zero-order chi connectivity index (χ0) is 27.1. The van der Waals surface area contributed by atoms with Crippen molar-refractivity contribution < 1.29 is 28.7 Å². The molecule has 0 saturated heterocycles. The molecule has 0 radical (unpaired) electrons. The van der Waals surface area contributed by atoms with Crippen molar-refractivity contribution in [2.45, 2.75) is 52.4 Å². The van der Waals surface area contributed by atoms with Crippen molar-refractivity contribution in [2.75, 3.05) is 23.8 Å². The van der Waals surface area contributed by atoms with E-state index in [0.717, 1.165) is 38.5 Å². The average Bonchev–Trinajstić information content (AvgIpc) is 2.93. The summed E-state index contributed by atoms with van der Waals surface area (Å²) >= 11 is 0. The summed E-state index contributed by atoms with van der Waals surface area (Å²) in [7, 11) is 0. The highest BCUT2D eigenvalue weighted by molar-refractivity contribution is 5.95. The molecule has 0 heterocycles. The second-order valence-electron chi connectivity index (χ2n) is 10.1. The van der Waals surface area contributed by atoms with Gasteiger partial charge in [-0.05, 0) is 113 Å². The summed E-state index contributed by atoms with van der Waals surface area (Å²) in [5.74, 6) is 0.0578. The van der Waals surface area contributed by atoms with E-state index in [1.54, 1.807) is 62.4 Å². The van der Waals surface area contributed by atoms with E-state index in [-0.39, 0.29) is 35.6 Å². The maximum atomic E-state index is 12.9. The number of esters is 2. The van der Waals surface area contributed by atoms with E-state index < -0.39 is 0 Å². The number of carbonyl (C=O) groups excluding carboxylic acids is 4. The summed E-state index contributed by atoms with van der Waals surface area (Å²) in [4.78, 5) is 49.5. The van der Waals surface area contributed by atoms with E-state index in [9.17, 15) is 19.2 Å². The van der Waals surface area contributed by atoms with Crippen molar-refractivity contribution in [3.63, 3.8) is 0 Å². The zero-order valence-electron chi connectivity index (χ0n) is 22.0. The van der Waals surface area contributed by atoms with Gasteiger partial charge in [0.2, 0.25) is 11.8 Å². The number of hydrogen-bond donors (Lipinski definition) is 2. The minimum absolute atomic E-state index is 0.0125. The summed E-state index contributed by atoms with van der Waals surface area (Å²) in [6.45, 7) is 4.16. The second-order valence-corrected chi connectivity index (χ2v) is 10.1. The lowest BCUT2D eigenvalue weighted by Gasteiger charge is -2.41. The van der Waals surface area contributed by atoms with Crippen LogP contribution in [0.25, 0.3) is 0 Å². The molecule has 0 aromatic heterocycles. The van der Waals surface area contributed by atoms with Crippen LogP contribution in [-0.4, -0.2) is 37.0 Å². The Hall–Kier alpha value is -3.68. The Balaban J connectivity index is 1.25. The molecule has 8 nitrogen and oxygen atoms in total. The van der Waals surface area contributed by atoms with Crippen LogP contribution in [0, 0.1) is 23.7 Å². The SMILES string of the molecule is CCOC(=O)c1ccc(NC(=O)C2CCC3CC(C(=O)Nc4ccc(C(=O)OCC)cc4)CCC3C2)cc1. The van der Waals surface area contributed by atoms with Crippen molar-refractivity contribution in [3.05, 3.63) is 59.7 Å². The van der Waals surface area contributed by atoms with Crippen LogP contribution in [-0.2, 0) is 19.1 Å². The van der Waals surface area contributed by atoms with Crippen molar-refractivity contribution in [1.82, 2.24) is 0 Å². The third-order valence-corrected chi connectivity index (χ3v) is 7.68. The van der Waals surface area contributed by atoms with Crippen LogP contribution >= 0.6 is 0 Å². The maximum Gasteiger partial charge on any atom is 0.338 e. The highest BCUT2D eigenvalue weighted by Gasteiger charge is 2.39. The summed E-state index contributed by atoms with van der Waals surface area (Å²) in [6, 6.07) is 13.5. The van der Waals surface area contributed by atoms with Crippen molar-refractivity contribution >= 4 is 35.1 Å². The highest BCUT2D eigenvalue weighted by Crippen LogP contribution is 2.45. The predicted molar refractivity (Wildman–Crippen MR) is 144 cm³/mol. The maximum absolute atomic E-state index is 12.9. The average molecular weight is 521 g/mol. The summed E-state index contributed by atoms with van der Waals surface area (Å²) in [6.07, 6.45) is 5.14. The Morgan fingerprint density at radius 1 is 0.632 bits per heavy atom. The van der Waals surface area contributed by atoms with E-state index in [2.05, 4.69) is 10.6 Å². The van der Waals surface area contributed by atoms with Gasteiger partial charge in [-0.3, -0.25) is 9.59 Å². The smallest absolute Gasteiger partial charge is 0.338 e. The van der Waals surface area contributed by atoms with Gasteiger partial charge in [0.05, 0.1) is 24.3 Å². The number of anilines is 2. The third kappa shape index (κ3) is 6.79. The van der Waals surface area contributed by atoms with Gasteiger partial charge >= 0.3 is 11.9 Å². The first-order valence-electron chi connectivity index (χ1n) is 13.5. The molecule has 4 unspecified atom stereocenters. The molecule has 2 saturated carbocycles. The van der Waals surface area contributed by atoms with Gasteiger partial charge in [-0.2, -0.15) is 0 Å². The molecule has 0 spiro atoms. The van der Waals surface area contributed by atoms with Gasteiger partial charge in [-0.15, -0.1) is 0 Å². The van der Waals surface area contributed by atoms with E-state index >= 15 is 0 Å². The molecule has 2 amide bonds. The minimum Gasteiger partial charge on any atom is -0.462 e. The van der Waals surface area contributed by atoms with Crippen LogP contribution in [0.4, 0.5) is 11.4 Å². The zero-order valence-corrected chi connectivity index (χ0v) is 22.0. The Kier molecular flexibility index (Phi) is 9.15. The predicted octanol–water partition coefficient (Wildman–Crippen LogP) is 5.45. The van der Waals surface area contributed by atoms with Crippen LogP contribution in [0.5, 0.6) is 0 Å². The lowest BCUT2D eigenvalue weighted by atomic mass is 9.64. The number of benzene rings is 2. The monoisotopic (exact) mass is 520 g/mol. The minimum atomic E-state index is -0.375. The van der Waals surface area contributed by atoms with E-state index in [4.69, 9.17) is 9.47 Å². The summed E-state index contributed by atoms with van der Waals surface area (Å²) < 4.78 is 10.00. The van der Waals surface area contributed by atoms with Gasteiger partial charge in [0, 0.05) is 23.2 Å². The van der Waals surface area contributed by atoms with Gasteiger partial charge in [-0.1, -0.05) is 0 Å². The molecule has 4 atom stereocenters. The van der Waals surface area contributed by atoms with E-state index in [1.165, 1.54) is 0 Å². The topological polar surface area (TPSA) is 111 Å². The van der Waals surface area contributed by atoms with Gasteiger partial charge in [0.1, 0.15) is 0 Å². The molecule has 4 rings (SSSR count). The fraction of sp³-hybridized carbons (Fsp3) is 0.467. The first-order valence-corrected chi connectivity index (χ1v) is 13.5. The number of ether oxygens (including phenoxy) is 2. The largest absolute Gasteiger partial charge is 0.462 e. The lowest BCUT2D eigenvalue weighted by molar-refractivity contribution is -0.125. The molecule has 2 aromatic rings. The highest BCUT2D eigenvalue weighted by atomic mass is 16.5. The lowest BCUT2D eigenvalue weighted by Crippen LogP contribution is -2.38. The fourth-order valence-corrected chi connectivity index (χ4v) is 5.66. The van der Waals surface area contributed by atoms with Crippen LogP contribution < -0.4 is 10.6 Å². The number of rotatable bonds is 8. The molecular weight excluding hydrogens is 484 g/mol. The van der Waals surface area contributed by atoms with Gasteiger partial charge in [-0.25, -0.2) is 9.59 Å². The molecule has 2 aliphatic carbocycles. The Morgan fingerprint density at radius 2 is 1.00 bits per heavy atom. The van der Waals surface area contributed by atoms with E-state index in [1.807, 2.05) is 0 Å². The molecule has 202 valence electrons. The van der Waals surface area contributed by atoms with Gasteiger partial charge in [0.15, 0.2) is 0 Å². The van der Waals surface area contributed by atoms with Gasteiger partial charge in [0.25, 0.3) is 0 Å². The quantitative estimate of drug-likeness (QED) is 0.448. The van der Waals surface area contributed by atoms with Crippen LogP contribution in [0.15, 0.2) is 48.5 Å². The van der Waals surface area contributed by atoms with E-state index in [0.29, 0.717) is 47.6 Å². The van der Waals surface area contributed by atoms with Crippen molar-refractivity contribution in [1.29, 1.82) is 0 Å². The first-order chi connectivity index (χ1) is 18.4. The molecular formula is C30H36N2O6. The third-order valence-electron chi connectivity index (χ3n) is 7.68. The molecule has 2 N–H and O–H groups in total. The molecule has 2 fully saturated rings. The molecule has 0 bridgehead atoms. The second kappa shape index (κ2) is 12.7. The van der Waals surface area contributed by atoms with Crippen molar-refractivity contribution in [3.8, 4) is 0 Å². The standard InChI is InChI=1S/C30H36N2O6/c1-3-37-29(35)19-9-13-25(14-10-19)31-27(33)23-7-5-22-18-24(8-6-21(22)17-23)28(34)32-26-15-11-20(12-16-26)30(36)38-4-2/h9-16,21-24H,3-8,17-18H2,1-2H3,(H,31,33)(H,32,34). The molecule has 0 aliphatic heterocycles. The van der Waals surface area contributed by atoms with Crippen molar-refractivity contribution in [2.24, 2.45) is 23.7 Å². The van der Waals surface area contributed by atoms with Gasteiger partial charge < -0.3 is 20.1 Å². The molecule has 8 heteroatoms. The van der Waals surface area contributed by atoms with Crippen LogP contribution in [0.2, 0.25) is 0 Å². The Labute approximate surface area is 223 Å². The molecule has 38 heavy (non-hydrogen) atoms. The first kappa shape index (κ1) is 27.4. The molecule has 2 aliphatic rings. The normalized spacial score (nSPS) is 22.5. The number of amides is 2. The number of nitrogens with one attached hydrogen (secondary N) is 2. The Bertz CT molecular complexity index is 1050. The number of hydrogen-bond acceptors (Lipinski definition) is 6.